The summed E-state index contributed by atoms with van der Waals surface area (Å²) in [4.78, 5) is 12.1. The average molecular weight is 307 g/mol. The van der Waals surface area contributed by atoms with Crippen LogP contribution in [-0.4, -0.2) is 31.4 Å². The minimum absolute atomic E-state index is 0.189. The number of carbonyl (C=O) groups is 1. The third-order valence-corrected chi connectivity index (χ3v) is 4.47. The summed E-state index contributed by atoms with van der Waals surface area (Å²) < 4.78 is 27.5. The zero-order chi connectivity index (χ0) is 15.6. The molecular weight excluding hydrogens is 290 g/mol. The van der Waals surface area contributed by atoms with Gasteiger partial charge in [0.05, 0.1) is 11.3 Å². The van der Waals surface area contributed by atoms with Crippen molar-refractivity contribution < 1.29 is 13.2 Å². The minimum Gasteiger partial charge on any atom is -0.348 e. The summed E-state index contributed by atoms with van der Waals surface area (Å²) >= 11 is 0. The van der Waals surface area contributed by atoms with Crippen LogP contribution >= 0.6 is 0 Å². The highest BCUT2D eigenvalue weighted by atomic mass is 32.2. The van der Waals surface area contributed by atoms with E-state index >= 15 is 0 Å². The van der Waals surface area contributed by atoms with E-state index in [4.69, 9.17) is 0 Å². The first kappa shape index (κ1) is 15.2. The van der Waals surface area contributed by atoms with Crippen LogP contribution in [0.25, 0.3) is 0 Å². The normalized spacial score (nSPS) is 17.0. The van der Waals surface area contributed by atoms with Gasteiger partial charge in [-0.2, -0.15) is 8.42 Å². The average Bonchev–Trinajstić information content (AvgIpc) is 2.41. The molecule has 0 aliphatic carbocycles. The van der Waals surface area contributed by atoms with E-state index in [9.17, 15) is 13.2 Å². The largest absolute Gasteiger partial charge is 0.348 e. The standard InChI is InChI=1S/C14H17N3O3S/c1-10-4-6-12(7-5-10)8-15-14(18)13-9-17(3)21(19,20)16-11(13)2/h4-7,9H,8H2,1-3H3,(H,15,18). The quantitative estimate of drug-likeness (QED) is 0.909. The second-order valence-electron chi connectivity index (χ2n) is 4.88. The van der Waals surface area contributed by atoms with E-state index in [1.165, 1.54) is 20.2 Å². The highest BCUT2D eigenvalue weighted by Crippen LogP contribution is 2.14. The molecule has 6 nitrogen and oxygen atoms in total. The van der Waals surface area contributed by atoms with Crippen LogP contribution in [-0.2, 0) is 21.5 Å². The van der Waals surface area contributed by atoms with Crippen LogP contribution in [0.5, 0.6) is 0 Å². The summed E-state index contributed by atoms with van der Waals surface area (Å²) in [7, 11) is -2.34. The number of nitrogens with one attached hydrogen (secondary N) is 1. The highest BCUT2D eigenvalue weighted by molar-refractivity contribution is 7.88. The number of hydrogen-bond acceptors (Lipinski definition) is 3. The van der Waals surface area contributed by atoms with Crippen molar-refractivity contribution in [2.75, 3.05) is 7.05 Å². The highest BCUT2D eigenvalue weighted by Gasteiger charge is 2.25. The Morgan fingerprint density at radius 1 is 1.24 bits per heavy atom. The van der Waals surface area contributed by atoms with Gasteiger partial charge in [-0.15, -0.1) is 4.40 Å². The summed E-state index contributed by atoms with van der Waals surface area (Å²) in [6.07, 6.45) is 1.28. The molecule has 0 bridgehead atoms. The molecule has 0 saturated carbocycles. The molecule has 0 atom stereocenters. The van der Waals surface area contributed by atoms with Gasteiger partial charge in [0, 0.05) is 19.8 Å². The van der Waals surface area contributed by atoms with Crippen molar-refractivity contribution in [2.45, 2.75) is 20.4 Å². The molecule has 1 aliphatic heterocycles. The van der Waals surface area contributed by atoms with E-state index in [1.807, 2.05) is 31.2 Å². The van der Waals surface area contributed by atoms with Crippen LogP contribution in [0, 0.1) is 6.92 Å². The lowest BCUT2D eigenvalue weighted by molar-refractivity contribution is -0.117. The van der Waals surface area contributed by atoms with Crippen LogP contribution in [0.1, 0.15) is 18.1 Å². The van der Waals surface area contributed by atoms with Gasteiger partial charge in [0.15, 0.2) is 0 Å². The van der Waals surface area contributed by atoms with Crippen molar-refractivity contribution in [1.82, 2.24) is 9.62 Å². The summed E-state index contributed by atoms with van der Waals surface area (Å²) in [6.45, 7) is 3.87. The molecule has 0 unspecified atom stereocenters. The molecule has 1 heterocycles. The maximum Gasteiger partial charge on any atom is 0.344 e. The van der Waals surface area contributed by atoms with Crippen LogP contribution in [0.3, 0.4) is 0 Å². The molecule has 0 saturated heterocycles. The Morgan fingerprint density at radius 3 is 2.48 bits per heavy atom. The summed E-state index contributed by atoms with van der Waals surface area (Å²) in [5.41, 5.74) is 2.56. The van der Waals surface area contributed by atoms with Crippen LogP contribution in [0.4, 0.5) is 0 Å². The molecule has 1 aromatic rings. The van der Waals surface area contributed by atoms with Gasteiger partial charge < -0.3 is 5.32 Å². The minimum atomic E-state index is -3.68. The number of amides is 1. The number of rotatable bonds is 3. The van der Waals surface area contributed by atoms with Crippen LogP contribution in [0.15, 0.2) is 40.4 Å². The number of benzene rings is 1. The van der Waals surface area contributed by atoms with E-state index in [0.29, 0.717) is 6.54 Å². The van der Waals surface area contributed by atoms with Crippen molar-refractivity contribution in [3.63, 3.8) is 0 Å². The Morgan fingerprint density at radius 2 is 1.86 bits per heavy atom. The van der Waals surface area contributed by atoms with E-state index in [2.05, 4.69) is 9.71 Å². The van der Waals surface area contributed by atoms with E-state index in [0.717, 1.165) is 15.4 Å². The van der Waals surface area contributed by atoms with Crippen molar-refractivity contribution in [3.8, 4) is 0 Å². The Kier molecular flexibility index (Phi) is 4.13. The molecule has 1 aliphatic rings. The van der Waals surface area contributed by atoms with Crippen LogP contribution in [0.2, 0.25) is 0 Å². The van der Waals surface area contributed by atoms with Gasteiger partial charge in [0.2, 0.25) is 0 Å². The molecule has 0 spiro atoms. The maximum absolute atomic E-state index is 12.1. The number of nitrogens with zero attached hydrogens (tertiary/aromatic N) is 2. The fourth-order valence-corrected chi connectivity index (χ4v) is 2.65. The molecular formula is C14H17N3O3S. The molecule has 1 N–H and O–H groups in total. The van der Waals surface area contributed by atoms with Crippen LogP contribution < -0.4 is 5.32 Å². The Balaban J connectivity index is 2.07. The van der Waals surface area contributed by atoms with Gasteiger partial charge in [-0.25, -0.2) is 0 Å². The van der Waals surface area contributed by atoms with Gasteiger partial charge >= 0.3 is 10.2 Å². The van der Waals surface area contributed by atoms with Gasteiger partial charge in [-0.1, -0.05) is 29.8 Å². The molecule has 21 heavy (non-hydrogen) atoms. The third kappa shape index (κ3) is 3.49. The first-order valence-corrected chi connectivity index (χ1v) is 7.80. The number of carbonyl (C=O) groups excluding carboxylic acids is 1. The zero-order valence-electron chi connectivity index (χ0n) is 12.1. The Hall–Kier alpha value is -2.15. The molecule has 0 fully saturated rings. The molecule has 7 heteroatoms. The predicted molar refractivity (Wildman–Crippen MR) is 80.9 cm³/mol. The summed E-state index contributed by atoms with van der Waals surface area (Å²) in [6, 6.07) is 7.80. The molecule has 112 valence electrons. The van der Waals surface area contributed by atoms with E-state index in [1.54, 1.807) is 0 Å². The topological polar surface area (TPSA) is 78.8 Å². The SMILES string of the molecule is CC1=NS(=O)(=O)N(C)C=C1C(=O)NCc1ccc(C)cc1. The molecule has 0 aromatic heterocycles. The lowest BCUT2D eigenvalue weighted by atomic mass is 10.1. The van der Waals surface area contributed by atoms with E-state index < -0.39 is 10.2 Å². The van der Waals surface area contributed by atoms with Gasteiger partial charge in [0.1, 0.15) is 0 Å². The smallest absolute Gasteiger partial charge is 0.344 e. The molecule has 0 radical (unpaired) electrons. The first-order valence-electron chi connectivity index (χ1n) is 6.40. The first-order chi connectivity index (χ1) is 9.79. The summed E-state index contributed by atoms with van der Waals surface area (Å²) in [5.74, 6) is -0.349. The van der Waals surface area contributed by atoms with Crippen molar-refractivity contribution in [1.29, 1.82) is 0 Å². The Bertz CT molecular complexity index is 718. The van der Waals surface area contributed by atoms with Gasteiger partial charge in [-0.05, 0) is 19.4 Å². The molecule has 2 rings (SSSR count). The van der Waals surface area contributed by atoms with Crippen molar-refractivity contribution >= 4 is 21.8 Å². The second kappa shape index (κ2) is 5.69. The van der Waals surface area contributed by atoms with E-state index in [-0.39, 0.29) is 17.2 Å². The van der Waals surface area contributed by atoms with Crippen molar-refractivity contribution in [2.24, 2.45) is 4.40 Å². The predicted octanol–water partition coefficient (Wildman–Crippen LogP) is 1.15. The van der Waals surface area contributed by atoms with Gasteiger partial charge in [0.25, 0.3) is 5.91 Å². The lowest BCUT2D eigenvalue weighted by Gasteiger charge is -2.19. The zero-order valence-corrected chi connectivity index (χ0v) is 12.9. The maximum atomic E-state index is 12.1. The Labute approximate surface area is 124 Å². The fraction of sp³-hybridized carbons (Fsp3) is 0.286. The number of hydrogen-bond donors (Lipinski definition) is 1. The second-order valence-corrected chi connectivity index (χ2v) is 6.54. The molecule has 1 aromatic carbocycles. The van der Waals surface area contributed by atoms with Crippen molar-refractivity contribution in [3.05, 3.63) is 47.2 Å². The fourth-order valence-electron chi connectivity index (χ4n) is 1.83. The number of aryl methyl sites for hydroxylation is 1. The monoisotopic (exact) mass is 307 g/mol. The molecule has 1 amide bonds. The lowest BCUT2D eigenvalue weighted by Crippen LogP contribution is -2.33. The third-order valence-electron chi connectivity index (χ3n) is 3.14. The summed E-state index contributed by atoms with van der Waals surface area (Å²) in [5, 5.41) is 2.76. The van der Waals surface area contributed by atoms with Gasteiger partial charge in [-0.3, -0.25) is 9.10 Å².